The van der Waals surface area contributed by atoms with Crippen LogP contribution in [0.25, 0.3) is 11.4 Å². The summed E-state index contributed by atoms with van der Waals surface area (Å²) in [5.41, 5.74) is 3.73. The van der Waals surface area contributed by atoms with Crippen LogP contribution >= 0.6 is 11.3 Å². The second-order valence-corrected chi connectivity index (χ2v) is 6.44. The number of carbonyl (C=O) groups is 2. The van der Waals surface area contributed by atoms with Gasteiger partial charge in [-0.25, -0.2) is 14.8 Å². The van der Waals surface area contributed by atoms with Crippen LogP contribution in [0.4, 0.5) is 11.5 Å². The van der Waals surface area contributed by atoms with Crippen LogP contribution in [0.5, 0.6) is 0 Å². The van der Waals surface area contributed by atoms with Gasteiger partial charge in [-0.1, -0.05) is 6.92 Å². The number of benzene rings is 1. The highest BCUT2D eigenvalue weighted by Crippen LogP contribution is 2.26. The molecule has 0 aliphatic rings. The molecule has 1 aromatic carbocycles. The largest absolute Gasteiger partial charge is 0.475 e. The standard InChI is InChI=1S/C19H17N3O3S/c1-3-15-11(2)20-17(13-8-9-26-10-13)22-18(15)21-14-6-4-12(5-7-14)16(23)19(24)25/h4-10H,3H2,1-2H3,(H,24,25)(H,20,21,22). The van der Waals surface area contributed by atoms with Crippen molar-refractivity contribution in [2.45, 2.75) is 20.3 Å². The summed E-state index contributed by atoms with van der Waals surface area (Å²) in [5.74, 6) is -1.03. The third kappa shape index (κ3) is 3.62. The van der Waals surface area contributed by atoms with E-state index in [9.17, 15) is 9.59 Å². The molecule has 3 rings (SSSR count). The Morgan fingerprint density at radius 1 is 1.15 bits per heavy atom. The molecular formula is C19H17N3O3S. The smallest absolute Gasteiger partial charge is 0.377 e. The van der Waals surface area contributed by atoms with Crippen LogP contribution in [0, 0.1) is 6.92 Å². The third-order valence-electron chi connectivity index (χ3n) is 3.95. The predicted molar refractivity (Wildman–Crippen MR) is 101 cm³/mol. The molecule has 0 aliphatic carbocycles. The fourth-order valence-electron chi connectivity index (χ4n) is 2.61. The monoisotopic (exact) mass is 367 g/mol. The van der Waals surface area contributed by atoms with E-state index in [1.54, 1.807) is 23.5 Å². The van der Waals surface area contributed by atoms with Crippen molar-refractivity contribution >= 4 is 34.6 Å². The van der Waals surface area contributed by atoms with Crippen LogP contribution in [-0.4, -0.2) is 26.8 Å². The van der Waals surface area contributed by atoms with Crippen molar-refractivity contribution in [3.63, 3.8) is 0 Å². The van der Waals surface area contributed by atoms with Gasteiger partial charge in [-0.15, -0.1) is 0 Å². The van der Waals surface area contributed by atoms with Gasteiger partial charge in [0.25, 0.3) is 5.78 Å². The molecule has 2 aromatic heterocycles. The zero-order valence-electron chi connectivity index (χ0n) is 14.3. The summed E-state index contributed by atoms with van der Waals surface area (Å²) in [6.07, 6.45) is 0.771. The van der Waals surface area contributed by atoms with Crippen molar-refractivity contribution in [2.24, 2.45) is 0 Å². The highest BCUT2D eigenvalue weighted by molar-refractivity contribution is 7.08. The molecule has 3 aromatic rings. The van der Waals surface area contributed by atoms with Crippen LogP contribution in [0.15, 0.2) is 41.1 Å². The summed E-state index contributed by atoms with van der Waals surface area (Å²) < 4.78 is 0. The molecule has 0 saturated heterocycles. The van der Waals surface area contributed by atoms with Crippen LogP contribution in [0.1, 0.15) is 28.5 Å². The first kappa shape index (κ1) is 17.8. The molecule has 132 valence electrons. The minimum atomic E-state index is -1.47. The topological polar surface area (TPSA) is 92.2 Å². The molecule has 26 heavy (non-hydrogen) atoms. The lowest BCUT2D eigenvalue weighted by molar-refractivity contribution is -0.131. The quantitative estimate of drug-likeness (QED) is 0.504. The van der Waals surface area contributed by atoms with E-state index in [2.05, 4.69) is 15.3 Å². The van der Waals surface area contributed by atoms with E-state index in [1.807, 2.05) is 30.7 Å². The number of nitrogens with one attached hydrogen (secondary N) is 1. The molecule has 2 N–H and O–H groups in total. The number of aryl methyl sites for hydroxylation is 1. The van der Waals surface area contributed by atoms with Crippen molar-refractivity contribution in [2.75, 3.05) is 5.32 Å². The zero-order chi connectivity index (χ0) is 18.7. The Kier molecular flexibility index (Phi) is 5.09. The predicted octanol–water partition coefficient (Wildman–Crippen LogP) is 4.09. The van der Waals surface area contributed by atoms with E-state index in [-0.39, 0.29) is 5.56 Å². The van der Waals surface area contributed by atoms with Gasteiger partial charge < -0.3 is 10.4 Å². The number of aromatic nitrogens is 2. The lowest BCUT2D eigenvalue weighted by Gasteiger charge is -2.14. The number of carbonyl (C=O) groups excluding carboxylic acids is 1. The Morgan fingerprint density at radius 3 is 2.46 bits per heavy atom. The summed E-state index contributed by atoms with van der Waals surface area (Å²) in [6, 6.07) is 8.27. The number of aliphatic carboxylic acids is 1. The maximum absolute atomic E-state index is 11.5. The average molecular weight is 367 g/mol. The Balaban J connectivity index is 1.93. The molecule has 0 fully saturated rings. The fourth-order valence-corrected chi connectivity index (χ4v) is 3.24. The summed E-state index contributed by atoms with van der Waals surface area (Å²) >= 11 is 1.59. The first-order chi connectivity index (χ1) is 12.5. The molecule has 0 bridgehead atoms. The molecule has 0 radical (unpaired) electrons. The van der Waals surface area contributed by atoms with Gasteiger partial charge in [-0.2, -0.15) is 11.3 Å². The van der Waals surface area contributed by atoms with Crippen LogP contribution < -0.4 is 5.32 Å². The number of thiophene rings is 1. The third-order valence-corrected chi connectivity index (χ3v) is 4.63. The Labute approximate surface area is 154 Å². The van der Waals surface area contributed by atoms with Gasteiger partial charge in [0.2, 0.25) is 0 Å². The molecule has 0 unspecified atom stereocenters. The second-order valence-electron chi connectivity index (χ2n) is 5.66. The van der Waals surface area contributed by atoms with Crippen LogP contribution in [0.2, 0.25) is 0 Å². The summed E-state index contributed by atoms with van der Waals surface area (Å²) in [6.45, 7) is 3.99. The molecule has 0 spiro atoms. The van der Waals surface area contributed by atoms with Crippen molar-refractivity contribution in [3.05, 3.63) is 57.9 Å². The molecular weight excluding hydrogens is 350 g/mol. The SMILES string of the molecule is CCc1c(C)nc(-c2ccsc2)nc1Nc1ccc(C(=O)C(=O)O)cc1. The average Bonchev–Trinajstić information content (AvgIpc) is 3.16. The van der Waals surface area contributed by atoms with Gasteiger partial charge >= 0.3 is 5.97 Å². The second kappa shape index (κ2) is 7.45. The maximum Gasteiger partial charge on any atom is 0.377 e. The first-order valence-corrected chi connectivity index (χ1v) is 8.98. The van der Waals surface area contributed by atoms with Gasteiger partial charge in [-0.05, 0) is 49.1 Å². The number of carboxylic acids is 1. The molecule has 0 saturated carbocycles. The van der Waals surface area contributed by atoms with Gasteiger partial charge in [-0.3, -0.25) is 4.79 Å². The molecule has 0 amide bonds. The highest BCUT2D eigenvalue weighted by atomic mass is 32.1. The Bertz CT molecular complexity index is 951. The van der Waals surface area contributed by atoms with E-state index in [1.165, 1.54) is 12.1 Å². The summed E-state index contributed by atoms with van der Waals surface area (Å²) in [5, 5.41) is 16.0. The number of Topliss-reactive ketones (excluding diaryl/α,β-unsaturated/α-hetero) is 1. The van der Waals surface area contributed by atoms with E-state index >= 15 is 0 Å². The maximum atomic E-state index is 11.5. The van der Waals surface area contributed by atoms with Crippen molar-refractivity contribution in [1.82, 2.24) is 9.97 Å². The fraction of sp³-hybridized carbons (Fsp3) is 0.158. The molecule has 0 atom stereocenters. The molecule has 2 heterocycles. The minimum Gasteiger partial charge on any atom is -0.475 e. The van der Waals surface area contributed by atoms with Gasteiger partial charge in [0.05, 0.1) is 0 Å². The van der Waals surface area contributed by atoms with Crippen molar-refractivity contribution in [3.8, 4) is 11.4 Å². The Hall–Kier alpha value is -3.06. The zero-order valence-corrected chi connectivity index (χ0v) is 15.1. The Morgan fingerprint density at radius 2 is 1.88 bits per heavy atom. The number of nitrogens with zero attached hydrogens (tertiary/aromatic N) is 2. The lowest BCUT2D eigenvalue weighted by Crippen LogP contribution is -2.12. The number of anilines is 2. The summed E-state index contributed by atoms with van der Waals surface area (Å²) in [7, 11) is 0. The molecule has 7 heteroatoms. The minimum absolute atomic E-state index is 0.136. The van der Waals surface area contributed by atoms with Crippen LogP contribution in [-0.2, 0) is 11.2 Å². The molecule has 0 aliphatic heterocycles. The van der Waals surface area contributed by atoms with E-state index in [4.69, 9.17) is 5.11 Å². The molecule has 6 nitrogen and oxygen atoms in total. The van der Waals surface area contributed by atoms with E-state index in [0.717, 1.165) is 28.9 Å². The first-order valence-electron chi connectivity index (χ1n) is 8.04. The van der Waals surface area contributed by atoms with E-state index < -0.39 is 11.8 Å². The van der Waals surface area contributed by atoms with Gasteiger partial charge in [0, 0.05) is 33.5 Å². The van der Waals surface area contributed by atoms with Gasteiger partial charge in [0.1, 0.15) is 5.82 Å². The number of carboxylic acid groups (broad SMARTS) is 1. The lowest BCUT2D eigenvalue weighted by atomic mass is 10.1. The highest BCUT2D eigenvalue weighted by Gasteiger charge is 2.15. The number of ketones is 1. The van der Waals surface area contributed by atoms with Crippen molar-refractivity contribution in [1.29, 1.82) is 0 Å². The normalized spacial score (nSPS) is 10.5. The number of hydrogen-bond donors (Lipinski definition) is 2. The summed E-state index contributed by atoms with van der Waals surface area (Å²) in [4.78, 5) is 31.5. The van der Waals surface area contributed by atoms with E-state index in [0.29, 0.717) is 11.6 Å². The van der Waals surface area contributed by atoms with Crippen molar-refractivity contribution < 1.29 is 14.7 Å². The van der Waals surface area contributed by atoms with Gasteiger partial charge in [0.15, 0.2) is 5.82 Å². The van der Waals surface area contributed by atoms with Crippen LogP contribution in [0.3, 0.4) is 0 Å². The number of rotatable bonds is 6. The number of hydrogen-bond acceptors (Lipinski definition) is 6.